The second kappa shape index (κ2) is 6.88. The number of aryl methyl sites for hydroxylation is 1. The molecule has 16 heavy (non-hydrogen) atoms. The van der Waals surface area contributed by atoms with E-state index in [-0.39, 0.29) is 5.91 Å². The zero-order chi connectivity index (χ0) is 11.8. The topological polar surface area (TPSA) is 38.3 Å². The maximum atomic E-state index is 11.4. The second-order valence-electron chi connectivity index (χ2n) is 3.66. The van der Waals surface area contributed by atoms with E-state index in [0.717, 1.165) is 30.7 Å². The Morgan fingerprint density at radius 1 is 1.38 bits per heavy atom. The van der Waals surface area contributed by atoms with Crippen molar-refractivity contribution in [2.24, 2.45) is 0 Å². The highest BCUT2D eigenvalue weighted by atomic mass is 16.5. The zero-order valence-electron chi connectivity index (χ0n) is 9.95. The lowest BCUT2D eigenvalue weighted by Crippen LogP contribution is -2.24. The van der Waals surface area contributed by atoms with Gasteiger partial charge in [-0.05, 0) is 24.5 Å². The molecule has 0 atom stereocenters. The lowest BCUT2D eigenvalue weighted by Gasteiger charge is -2.08. The van der Waals surface area contributed by atoms with Gasteiger partial charge in [0, 0.05) is 13.0 Å². The molecule has 0 saturated carbocycles. The number of hydrogen-bond donors (Lipinski definition) is 1. The van der Waals surface area contributed by atoms with E-state index in [1.54, 1.807) is 7.11 Å². The molecule has 0 spiro atoms. The van der Waals surface area contributed by atoms with Crippen molar-refractivity contribution in [2.75, 3.05) is 13.7 Å². The lowest BCUT2D eigenvalue weighted by molar-refractivity contribution is -0.121. The van der Waals surface area contributed by atoms with Gasteiger partial charge >= 0.3 is 0 Å². The van der Waals surface area contributed by atoms with Crippen LogP contribution in [-0.4, -0.2) is 19.6 Å². The van der Waals surface area contributed by atoms with Crippen molar-refractivity contribution in [3.8, 4) is 5.75 Å². The Hall–Kier alpha value is -1.51. The third kappa shape index (κ3) is 3.93. The molecule has 88 valence electrons. The minimum Gasteiger partial charge on any atom is -0.496 e. The smallest absolute Gasteiger partial charge is 0.220 e. The molecule has 0 aromatic heterocycles. The van der Waals surface area contributed by atoms with Crippen LogP contribution in [0.4, 0.5) is 0 Å². The predicted octanol–water partition coefficient (Wildman–Crippen LogP) is 2.15. The van der Waals surface area contributed by atoms with E-state index in [2.05, 4.69) is 5.32 Å². The maximum Gasteiger partial charge on any atom is 0.220 e. The normalized spacial score (nSPS) is 9.88. The third-order valence-electron chi connectivity index (χ3n) is 2.39. The molecule has 0 aliphatic carbocycles. The summed E-state index contributed by atoms with van der Waals surface area (Å²) in [5.74, 6) is 0.957. The van der Waals surface area contributed by atoms with E-state index >= 15 is 0 Å². The Kier molecular flexibility index (Phi) is 5.40. The molecule has 1 rings (SSSR count). The summed E-state index contributed by atoms with van der Waals surface area (Å²) < 4.78 is 5.23. The van der Waals surface area contributed by atoms with Gasteiger partial charge in [0.1, 0.15) is 5.75 Å². The minimum atomic E-state index is 0.104. The molecule has 0 aliphatic rings. The first kappa shape index (κ1) is 12.6. The fourth-order valence-corrected chi connectivity index (χ4v) is 1.51. The van der Waals surface area contributed by atoms with E-state index in [0.29, 0.717) is 6.42 Å². The number of rotatable bonds is 6. The van der Waals surface area contributed by atoms with Gasteiger partial charge in [0.15, 0.2) is 0 Å². The Balaban J connectivity index is 2.44. The van der Waals surface area contributed by atoms with E-state index in [9.17, 15) is 4.79 Å². The van der Waals surface area contributed by atoms with Crippen LogP contribution in [0, 0.1) is 0 Å². The van der Waals surface area contributed by atoms with Gasteiger partial charge in [-0.2, -0.15) is 0 Å². The highest BCUT2D eigenvalue weighted by Gasteiger charge is 2.05. The fourth-order valence-electron chi connectivity index (χ4n) is 1.51. The summed E-state index contributed by atoms with van der Waals surface area (Å²) in [4.78, 5) is 11.4. The fraction of sp³-hybridized carbons (Fsp3) is 0.462. The summed E-state index contributed by atoms with van der Waals surface area (Å²) in [6.07, 6.45) is 2.21. The third-order valence-corrected chi connectivity index (χ3v) is 2.39. The highest BCUT2D eigenvalue weighted by molar-refractivity contribution is 5.76. The van der Waals surface area contributed by atoms with E-state index < -0.39 is 0 Å². The van der Waals surface area contributed by atoms with E-state index in [1.165, 1.54) is 0 Å². The van der Waals surface area contributed by atoms with Crippen LogP contribution in [0.2, 0.25) is 0 Å². The average molecular weight is 221 g/mol. The van der Waals surface area contributed by atoms with Crippen molar-refractivity contribution in [1.29, 1.82) is 0 Å². The quantitative estimate of drug-likeness (QED) is 0.799. The predicted molar refractivity (Wildman–Crippen MR) is 64.6 cm³/mol. The van der Waals surface area contributed by atoms with Gasteiger partial charge < -0.3 is 10.1 Å². The van der Waals surface area contributed by atoms with Crippen molar-refractivity contribution in [2.45, 2.75) is 26.2 Å². The number of methoxy groups -OCH3 is 1. The number of nitrogens with one attached hydrogen (secondary N) is 1. The molecule has 1 aromatic rings. The molecule has 1 N–H and O–H groups in total. The van der Waals surface area contributed by atoms with Crippen molar-refractivity contribution >= 4 is 5.91 Å². The Bertz CT molecular complexity index is 336. The van der Waals surface area contributed by atoms with Crippen molar-refractivity contribution < 1.29 is 9.53 Å². The molecule has 0 unspecified atom stereocenters. The molecular formula is C13H19NO2. The summed E-state index contributed by atoms with van der Waals surface area (Å²) in [6, 6.07) is 7.80. The summed E-state index contributed by atoms with van der Waals surface area (Å²) in [7, 11) is 1.65. The van der Waals surface area contributed by atoms with Crippen LogP contribution in [-0.2, 0) is 11.2 Å². The second-order valence-corrected chi connectivity index (χ2v) is 3.66. The molecule has 0 bridgehead atoms. The molecule has 0 aliphatic heterocycles. The standard InChI is InChI=1S/C13H19NO2/c1-3-10-14-13(15)9-8-11-6-4-5-7-12(11)16-2/h4-7H,3,8-10H2,1-2H3,(H,14,15). The average Bonchev–Trinajstić information content (AvgIpc) is 2.34. The van der Waals surface area contributed by atoms with Crippen LogP contribution in [0.1, 0.15) is 25.3 Å². The van der Waals surface area contributed by atoms with Gasteiger partial charge in [0.2, 0.25) is 5.91 Å². The molecule has 0 fully saturated rings. The first-order valence-electron chi connectivity index (χ1n) is 5.66. The molecule has 1 aromatic carbocycles. The van der Waals surface area contributed by atoms with Gasteiger partial charge in [-0.3, -0.25) is 4.79 Å². The molecule has 1 amide bonds. The van der Waals surface area contributed by atoms with Crippen LogP contribution in [0.5, 0.6) is 5.75 Å². The van der Waals surface area contributed by atoms with Gasteiger partial charge in [0.05, 0.1) is 7.11 Å². The highest BCUT2D eigenvalue weighted by Crippen LogP contribution is 2.18. The Morgan fingerprint density at radius 2 is 2.12 bits per heavy atom. The number of para-hydroxylation sites is 1. The summed E-state index contributed by atoms with van der Waals surface area (Å²) in [5, 5.41) is 2.86. The molecule has 0 radical (unpaired) electrons. The molecule has 0 saturated heterocycles. The van der Waals surface area contributed by atoms with Crippen LogP contribution < -0.4 is 10.1 Å². The van der Waals surface area contributed by atoms with E-state index in [1.807, 2.05) is 31.2 Å². The molecule has 3 heteroatoms. The number of amides is 1. The Labute approximate surface area is 96.8 Å². The van der Waals surface area contributed by atoms with Crippen molar-refractivity contribution in [1.82, 2.24) is 5.32 Å². The van der Waals surface area contributed by atoms with Gasteiger partial charge in [0.25, 0.3) is 0 Å². The first-order valence-corrected chi connectivity index (χ1v) is 5.66. The number of benzene rings is 1. The number of carbonyl (C=O) groups is 1. The number of carbonyl (C=O) groups excluding carboxylic acids is 1. The zero-order valence-corrected chi connectivity index (χ0v) is 9.95. The molecule has 0 heterocycles. The maximum absolute atomic E-state index is 11.4. The van der Waals surface area contributed by atoms with Crippen molar-refractivity contribution in [3.63, 3.8) is 0 Å². The first-order chi connectivity index (χ1) is 7.77. The molecular weight excluding hydrogens is 202 g/mol. The number of hydrogen-bond acceptors (Lipinski definition) is 2. The summed E-state index contributed by atoms with van der Waals surface area (Å²) >= 11 is 0. The summed E-state index contributed by atoms with van der Waals surface area (Å²) in [6.45, 7) is 2.80. The van der Waals surface area contributed by atoms with Crippen LogP contribution in [0.25, 0.3) is 0 Å². The number of ether oxygens (including phenoxy) is 1. The monoisotopic (exact) mass is 221 g/mol. The van der Waals surface area contributed by atoms with Gasteiger partial charge in [-0.25, -0.2) is 0 Å². The molecule has 3 nitrogen and oxygen atoms in total. The van der Waals surface area contributed by atoms with Crippen LogP contribution in [0.15, 0.2) is 24.3 Å². The van der Waals surface area contributed by atoms with Crippen molar-refractivity contribution in [3.05, 3.63) is 29.8 Å². The Morgan fingerprint density at radius 3 is 2.81 bits per heavy atom. The van der Waals surface area contributed by atoms with Crippen LogP contribution >= 0.6 is 0 Å². The largest absolute Gasteiger partial charge is 0.496 e. The van der Waals surface area contributed by atoms with Gasteiger partial charge in [-0.1, -0.05) is 25.1 Å². The van der Waals surface area contributed by atoms with Gasteiger partial charge in [-0.15, -0.1) is 0 Å². The van der Waals surface area contributed by atoms with E-state index in [4.69, 9.17) is 4.74 Å². The summed E-state index contributed by atoms with van der Waals surface area (Å²) in [5.41, 5.74) is 1.08. The minimum absolute atomic E-state index is 0.104. The SMILES string of the molecule is CCCNC(=O)CCc1ccccc1OC. The lowest BCUT2D eigenvalue weighted by atomic mass is 10.1. The van der Waals surface area contributed by atoms with Crippen LogP contribution in [0.3, 0.4) is 0 Å².